The molecule has 0 spiro atoms. The SMILES string of the molecule is CCCCCN1C(=O)C(C)Oc2ccc(C(C)=O)cc21. The minimum Gasteiger partial charge on any atom is -0.479 e. The van der Waals surface area contributed by atoms with Crippen LogP contribution < -0.4 is 9.64 Å². The highest BCUT2D eigenvalue weighted by molar-refractivity contribution is 6.02. The molecular weight excluding hydrogens is 254 g/mol. The molecule has 108 valence electrons. The Labute approximate surface area is 119 Å². The van der Waals surface area contributed by atoms with E-state index in [0.717, 1.165) is 24.9 Å². The first-order valence-electron chi connectivity index (χ1n) is 7.17. The minimum absolute atomic E-state index is 0.00706. The van der Waals surface area contributed by atoms with Gasteiger partial charge in [-0.25, -0.2) is 0 Å². The molecule has 1 atom stereocenters. The zero-order valence-electron chi connectivity index (χ0n) is 12.3. The van der Waals surface area contributed by atoms with E-state index >= 15 is 0 Å². The van der Waals surface area contributed by atoms with Gasteiger partial charge in [0.25, 0.3) is 5.91 Å². The largest absolute Gasteiger partial charge is 0.479 e. The molecule has 0 N–H and O–H groups in total. The van der Waals surface area contributed by atoms with Gasteiger partial charge < -0.3 is 9.64 Å². The van der Waals surface area contributed by atoms with Crippen molar-refractivity contribution in [3.05, 3.63) is 23.8 Å². The second-order valence-corrected chi connectivity index (χ2v) is 5.20. The highest BCUT2D eigenvalue weighted by Gasteiger charge is 2.31. The lowest BCUT2D eigenvalue weighted by molar-refractivity contribution is -0.125. The standard InChI is InChI=1S/C16H21NO3/c1-4-5-6-9-17-14-10-13(11(2)18)7-8-15(14)20-12(3)16(17)19/h7-8,10,12H,4-6,9H2,1-3H3. The molecule has 20 heavy (non-hydrogen) atoms. The second-order valence-electron chi connectivity index (χ2n) is 5.20. The summed E-state index contributed by atoms with van der Waals surface area (Å²) in [6.45, 7) is 6.09. The number of benzene rings is 1. The summed E-state index contributed by atoms with van der Waals surface area (Å²) >= 11 is 0. The molecule has 0 saturated heterocycles. The molecule has 1 amide bonds. The Bertz CT molecular complexity index is 524. The van der Waals surface area contributed by atoms with Crippen LogP contribution in [-0.2, 0) is 4.79 Å². The number of unbranched alkanes of at least 4 members (excludes halogenated alkanes) is 2. The Morgan fingerprint density at radius 2 is 2.10 bits per heavy atom. The van der Waals surface area contributed by atoms with Crippen molar-refractivity contribution < 1.29 is 14.3 Å². The monoisotopic (exact) mass is 275 g/mol. The molecule has 1 unspecified atom stereocenters. The number of ether oxygens (including phenoxy) is 1. The maximum absolute atomic E-state index is 12.3. The van der Waals surface area contributed by atoms with E-state index in [1.807, 2.05) is 0 Å². The molecule has 1 aliphatic heterocycles. The van der Waals surface area contributed by atoms with Gasteiger partial charge in [0.15, 0.2) is 11.9 Å². The van der Waals surface area contributed by atoms with Crippen molar-refractivity contribution in [1.82, 2.24) is 0 Å². The number of fused-ring (bicyclic) bond motifs is 1. The molecule has 1 aliphatic rings. The number of Topliss-reactive ketones (excluding diaryl/α,β-unsaturated/α-hetero) is 1. The van der Waals surface area contributed by atoms with Crippen molar-refractivity contribution in [2.45, 2.75) is 46.1 Å². The smallest absolute Gasteiger partial charge is 0.267 e. The van der Waals surface area contributed by atoms with Crippen molar-refractivity contribution in [1.29, 1.82) is 0 Å². The van der Waals surface area contributed by atoms with Crippen LogP contribution in [0.15, 0.2) is 18.2 Å². The van der Waals surface area contributed by atoms with Crippen molar-refractivity contribution in [2.24, 2.45) is 0 Å². The molecule has 0 bridgehead atoms. The summed E-state index contributed by atoms with van der Waals surface area (Å²) < 4.78 is 5.61. The minimum atomic E-state index is -0.465. The summed E-state index contributed by atoms with van der Waals surface area (Å²) in [6, 6.07) is 5.28. The summed E-state index contributed by atoms with van der Waals surface area (Å²) in [7, 11) is 0. The summed E-state index contributed by atoms with van der Waals surface area (Å²) in [5.74, 6) is 0.639. The molecule has 0 fully saturated rings. The fraction of sp³-hybridized carbons (Fsp3) is 0.500. The first-order valence-corrected chi connectivity index (χ1v) is 7.17. The van der Waals surface area contributed by atoms with Gasteiger partial charge >= 0.3 is 0 Å². The summed E-state index contributed by atoms with van der Waals surface area (Å²) in [5, 5.41) is 0. The van der Waals surface area contributed by atoms with Crippen molar-refractivity contribution in [3.8, 4) is 5.75 Å². The second kappa shape index (κ2) is 6.07. The summed E-state index contributed by atoms with van der Waals surface area (Å²) in [6.07, 6.45) is 2.68. The van der Waals surface area contributed by atoms with E-state index in [9.17, 15) is 9.59 Å². The fourth-order valence-electron chi connectivity index (χ4n) is 2.38. The van der Waals surface area contributed by atoms with Gasteiger partial charge in [0.05, 0.1) is 5.69 Å². The average Bonchev–Trinajstić information content (AvgIpc) is 2.42. The number of carbonyl (C=O) groups is 2. The maximum Gasteiger partial charge on any atom is 0.267 e. The molecule has 1 heterocycles. The van der Waals surface area contributed by atoms with E-state index in [-0.39, 0.29) is 11.7 Å². The summed E-state index contributed by atoms with van der Waals surface area (Å²) in [4.78, 5) is 25.5. The first kappa shape index (κ1) is 14.6. The number of ketones is 1. The zero-order chi connectivity index (χ0) is 14.7. The number of rotatable bonds is 5. The number of carbonyl (C=O) groups excluding carboxylic acids is 2. The first-order chi connectivity index (χ1) is 9.54. The van der Waals surface area contributed by atoms with Crippen LogP contribution in [-0.4, -0.2) is 24.3 Å². The lowest BCUT2D eigenvalue weighted by Crippen LogP contribution is -2.45. The van der Waals surface area contributed by atoms with E-state index in [2.05, 4.69) is 6.92 Å². The van der Waals surface area contributed by atoms with E-state index < -0.39 is 6.10 Å². The fourth-order valence-corrected chi connectivity index (χ4v) is 2.38. The quantitative estimate of drug-likeness (QED) is 0.612. The van der Waals surface area contributed by atoms with Crippen LogP contribution in [0.2, 0.25) is 0 Å². The van der Waals surface area contributed by atoms with Gasteiger partial charge in [0.2, 0.25) is 0 Å². The molecule has 4 nitrogen and oxygen atoms in total. The lowest BCUT2D eigenvalue weighted by atomic mass is 10.1. The number of anilines is 1. The van der Waals surface area contributed by atoms with Crippen LogP contribution in [0.25, 0.3) is 0 Å². The molecule has 0 saturated carbocycles. The van der Waals surface area contributed by atoms with Crippen LogP contribution in [0.3, 0.4) is 0 Å². The van der Waals surface area contributed by atoms with Crippen molar-refractivity contribution in [3.63, 3.8) is 0 Å². The van der Waals surface area contributed by atoms with E-state index in [1.165, 1.54) is 6.92 Å². The van der Waals surface area contributed by atoms with Gasteiger partial charge in [-0.15, -0.1) is 0 Å². The number of hydrogen-bond donors (Lipinski definition) is 0. The Balaban J connectivity index is 2.33. The molecular formula is C16H21NO3. The predicted octanol–water partition coefficient (Wildman–Crippen LogP) is 3.19. The van der Waals surface area contributed by atoms with Gasteiger partial charge in [-0.1, -0.05) is 19.8 Å². The summed E-state index contributed by atoms with van der Waals surface area (Å²) in [5.41, 5.74) is 1.33. The Hall–Kier alpha value is -1.84. The van der Waals surface area contributed by atoms with Gasteiger partial charge in [-0.2, -0.15) is 0 Å². The van der Waals surface area contributed by atoms with Crippen molar-refractivity contribution >= 4 is 17.4 Å². The number of amides is 1. The Morgan fingerprint density at radius 3 is 2.75 bits per heavy atom. The topological polar surface area (TPSA) is 46.6 Å². The molecule has 0 radical (unpaired) electrons. The lowest BCUT2D eigenvalue weighted by Gasteiger charge is -2.33. The molecule has 4 heteroatoms. The average molecular weight is 275 g/mol. The number of hydrogen-bond acceptors (Lipinski definition) is 3. The predicted molar refractivity (Wildman–Crippen MR) is 78.4 cm³/mol. The van der Waals surface area contributed by atoms with Crippen LogP contribution in [0.4, 0.5) is 5.69 Å². The molecule has 0 aliphatic carbocycles. The molecule has 1 aromatic rings. The van der Waals surface area contributed by atoms with Gasteiger partial charge in [-0.05, 0) is 38.5 Å². The molecule has 0 aromatic heterocycles. The third-order valence-electron chi connectivity index (χ3n) is 3.56. The van der Waals surface area contributed by atoms with Crippen LogP contribution >= 0.6 is 0 Å². The third kappa shape index (κ3) is 2.84. The van der Waals surface area contributed by atoms with Crippen LogP contribution in [0, 0.1) is 0 Å². The third-order valence-corrected chi connectivity index (χ3v) is 3.56. The van der Waals surface area contributed by atoms with E-state index in [4.69, 9.17) is 4.74 Å². The van der Waals surface area contributed by atoms with Crippen molar-refractivity contribution in [2.75, 3.05) is 11.4 Å². The maximum atomic E-state index is 12.3. The Kier molecular flexibility index (Phi) is 4.42. The van der Waals surface area contributed by atoms with E-state index in [1.54, 1.807) is 30.0 Å². The van der Waals surface area contributed by atoms with Gasteiger partial charge in [0, 0.05) is 12.1 Å². The normalized spacial score (nSPS) is 17.6. The highest BCUT2D eigenvalue weighted by atomic mass is 16.5. The highest BCUT2D eigenvalue weighted by Crippen LogP contribution is 2.35. The Morgan fingerprint density at radius 1 is 1.35 bits per heavy atom. The molecule has 1 aromatic carbocycles. The van der Waals surface area contributed by atoms with Gasteiger partial charge in [0.1, 0.15) is 5.75 Å². The van der Waals surface area contributed by atoms with E-state index in [0.29, 0.717) is 17.9 Å². The molecule has 2 rings (SSSR count). The van der Waals surface area contributed by atoms with Crippen LogP contribution in [0.1, 0.15) is 50.4 Å². The number of nitrogens with zero attached hydrogens (tertiary/aromatic N) is 1. The van der Waals surface area contributed by atoms with Gasteiger partial charge in [-0.3, -0.25) is 9.59 Å². The van der Waals surface area contributed by atoms with Crippen LogP contribution in [0.5, 0.6) is 5.75 Å². The zero-order valence-corrected chi connectivity index (χ0v) is 12.3.